The standard InChI is InChI=1S/C23H27N3O2S/c1-3-16-9-11-19-20(13-16)29-23(25-19)26(22(27)18-7-5-4-6-8-18)15-17-10-12-21(28-2)24-14-17/h9-14,18H,3-8,15H2,1-2H3. The van der Waals surface area contributed by atoms with Gasteiger partial charge in [0, 0.05) is 18.2 Å². The summed E-state index contributed by atoms with van der Waals surface area (Å²) >= 11 is 1.60. The third kappa shape index (κ3) is 4.42. The van der Waals surface area contributed by atoms with Gasteiger partial charge in [0.1, 0.15) is 0 Å². The van der Waals surface area contributed by atoms with E-state index < -0.39 is 0 Å². The number of hydrogen-bond acceptors (Lipinski definition) is 5. The second kappa shape index (κ2) is 8.91. The Morgan fingerprint density at radius 1 is 1.17 bits per heavy atom. The van der Waals surface area contributed by atoms with Gasteiger partial charge in [-0.15, -0.1) is 0 Å². The molecule has 1 saturated carbocycles. The monoisotopic (exact) mass is 409 g/mol. The van der Waals surface area contributed by atoms with Crippen LogP contribution in [0.3, 0.4) is 0 Å². The Balaban J connectivity index is 1.67. The van der Waals surface area contributed by atoms with Gasteiger partial charge in [-0.2, -0.15) is 0 Å². The largest absolute Gasteiger partial charge is 0.481 e. The molecule has 1 aliphatic carbocycles. The van der Waals surface area contributed by atoms with Crippen molar-refractivity contribution < 1.29 is 9.53 Å². The molecule has 29 heavy (non-hydrogen) atoms. The molecule has 0 atom stereocenters. The predicted octanol–water partition coefficient (Wildman–Crippen LogP) is 5.38. The van der Waals surface area contributed by atoms with Crippen molar-refractivity contribution in [3.63, 3.8) is 0 Å². The van der Waals surface area contributed by atoms with E-state index in [2.05, 4.69) is 30.1 Å². The lowest BCUT2D eigenvalue weighted by Crippen LogP contribution is -2.36. The van der Waals surface area contributed by atoms with E-state index in [-0.39, 0.29) is 11.8 Å². The van der Waals surface area contributed by atoms with Gasteiger partial charge in [0.2, 0.25) is 11.8 Å². The quantitative estimate of drug-likeness (QED) is 0.549. The van der Waals surface area contributed by atoms with Crippen molar-refractivity contribution in [3.8, 4) is 5.88 Å². The Labute approximate surface area is 175 Å². The fourth-order valence-corrected chi connectivity index (χ4v) is 4.94. The van der Waals surface area contributed by atoms with Gasteiger partial charge in [0.05, 0.1) is 23.9 Å². The highest BCUT2D eigenvalue weighted by molar-refractivity contribution is 7.22. The third-order valence-corrected chi connectivity index (χ3v) is 6.69. The Morgan fingerprint density at radius 3 is 2.66 bits per heavy atom. The first-order valence-electron chi connectivity index (χ1n) is 10.4. The van der Waals surface area contributed by atoms with Gasteiger partial charge in [0.25, 0.3) is 0 Å². The number of ether oxygens (including phenoxy) is 1. The fourth-order valence-electron chi connectivity index (χ4n) is 3.91. The highest BCUT2D eigenvalue weighted by Crippen LogP contribution is 2.34. The molecule has 0 aliphatic heterocycles. The van der Waals surface area contributed by atoms with E-state index in [0.29, 0.717) is 12.4 Å². The molecule has 0 spiro atoms. The Bertz CT molecular complexity index is 977. The third-order valence-electron chi connectivity index (χ3n) is 5.65. The maximum atomic E-state index is 13.5. The lowest BCUT2D eigenvalue weighted by atomic mass is 9.88. The van der Waals surface area contributed by atoms with Crippen LogP contribution in [0, 0.1) is 5.92 Å². The first kappa shape index (κ1) is 19.8. The van der Waals surface area contributed by atoms with E-state index in [1.54, 1.807) is 24.6 Å². The summed E-state index contributed by atoms with van der Waals surface area (Å²) in [5.41, 5.74) is 3.22. The number of aryl methyl sites for hydroxylation is 1. The van der Waals surface area contributed by atoms with Gasteiger partial charge >= 0.3 is 0 Å². The molecular formula is C23H27N3O2S. The number of thiazole rings is 1. The van der Waals surface area contributed by atoms with Gasteiger partial charge in [-0.05, 0) is 42.5 Å². The first-order chi connectivity index (χ1) is 14.2. The number of benzene rings is 1. The molecule has 152 valence electrons. The van der Waals surface area contributed by atoms with Gasteiger partial charge in [-0.25, -0.2) is 9.97 Å². The van der Waals surface area contributed by atoms with Crippen molar-refractivity contribution in [2.24, 2.45) is 5.92 Å². The lowest BCUT2D eigenvalue weighted by Gasteiger charge is -2.27. The summed E-state index contributed by atoms with van der Waals surface area (Å²) in [5, 5.41) is 0.777. The van der Waals surface area contributed by atoms with Gasteiger partial charge in [-0.1, -0.05) is 49.7 Å². The summed E-state index contributed by atoms with van der Waals surface area (Å²) in [5.74, 6) is 0.856. The van der Waals surface area contributed by atoms with Crippen LogP contribution in [0.5, 0.6) is 5.88 Å². The average molecular weight is 410 g/mol. The van der Waals surface area contributed by atoms with Crippen LogP contribution in [0.2, 0.25) is 0 Å². The molecule has 2 aromatic heterocycles. The zero-order valence-electron chi connectivity index (χ0n) is 17.1. The molecule has 2 heterocycles. The number of amides is 1. The Kier molecular flexibility index (Phi) is 6.09. The van der Waals surface area contributed by atoms with Crippen LogP contribution in [0.25, 0.3) is 10.2 Å². The van der Waals surface area contributed by atoms with Crippen molar-refractivity contribution in [2.45, 2.75) is 52.0 Å². The number of carbonyl (C=O) groups is 1. The zero-order valence-corrected chi connectivity index (χ0v) is 17.9. The number of aromatic nitrogens is 2. The molecule has 0 radical (unpaired) electrons. The summed E-state index contributed by atoms with van der Waals surface area (Å²) in [4.78, 5) is 24.5. The Morgan fingerprint density at radius 2 is 1.97 bits per heavy atom. The summed E-state index contributed by atoms with van der Waals surface area (Å²) in [6, 6.07) is 10.2. The zero-order chi connectivity index (χ0) is 20.2. The maximum absolute atomic E-state index is 13.5. The average Bonchev–Trinajstić information content (AvgIpc) is 3.21. The van der Waals surface area contributed by atoms with Crippen LogP contribution >= 0.6 is 11.3 Å². The minimum absolute atomic E-state index is 0.0909. The predicted molar refractivity (Wildman–Crippen MR) is 118 cm³/mol. The molecule has 5 nitrogen and oxygen atoms in total. The van der Waals surface area contributed by atoms with E-state index in [1.807, 2.05) is 17.0 Å². The molecule has 4 rings (SSSR count). The second-order valence-corrected chi connectivity index (χ2v) is 8.63. The van der Waals surface area contributed by atoms with E-state index >= 15 is 0 Å². The van der Waals surface area contributed by atoms with Gasteiger partial charge in [-0.3, -0.25) is 9.69 Å². The number of hydrogen-bond donors (Lipinski definition) is 0. The number of carbonyl (C=O) groups excluding carboxylic acids is 1. The van der Waals surface area contributed by atoms with Crippen LogP contribution in [0.15, 0.2) is 36.5 Å². The number of fused-ring (bicyclic) bond motifs is 1. The van der Waals surface area contributed by atoms with Crippen LogP contribution in [-0.2, 0) is 17.8 Å². The lowest BCUT2D eigenvalue weighted by molar-refractivity contribution is -0.123. The molecule has 1 aromatic carbocycles. The van der Waals surface area contributed by atoms with Crippen molar-refractivity contribution in [3.05, 3.63) is 47.7 Å². The highest BCUT2D eigenvalue weighted by atomic mass is 32.1. The Hall–Kier alpha value is -2.47. The van der Waals surface area contributed by atoms with Crippen LogP contribution < -0.4 is 9.64 Å². The van der Waals surface area contributed by atoms with E-state index in [1.165, 1.54) is 12.0 Å². The van der Waals surface area contributed by atoms with Crippen LogP contribution in [0.1, 0.15) is 50.2 Å². The summed E-state index contributed by atoms with van der Waals surface area (Å²) in [6.07, 6.45) is 8.21. The second-order valence-electron chi connectivity index (χ2n) is 7.62. The normalized spacial score (nSPS) is 14.8. The topological polar surface area (TPSA) is 55.3 Å². The van der Waals surface area contributed by atoms with Gasteiger partial charge < -0.3 is 4.74 Å². The van der Waals surface area contributed by atoms with Crippen LogP contribution in [-0.4, -0.2) is 23.0 Å². The number of nitrogens with zero attached hydrogens (tertiary/aromatic N) is 3. The summed E-state index contributed by atoms with van der Waals surface area (Å²) in [7, 11) is 1.60. The summed E-state index contributed by atoms with van der Waals surface area (Å²) in [6.45, 7) is 2.63. The van der Waals surface area contributed by atoms with E-state index in [0.717, 1.165) is 53.0 Å². The molecule has 1 fully saturated rings. The molecular weight excluding hydrogens is 382 g/mol. The van der Waals surface area contributed by atoms with Gasteiger partial charge in [0.15, 0.2) is 5.13 Å². The van der Waals surface area contributed by atoms with E-state index in [4.69, 9.17) is 9.72 Å². The molecule has 6 heteroatoms. The van der Waals surface area contributed by atoms with Crippen molar-refractivity contribution in [1.82, 2.24) is 9.97 Å². The van der Waals surface area contributed by atoms with Crippen molar-refractivity contribution in [2.75, 3.05) is 12.0 Å². The minimum atomic E-state index is 0.0909. The maximum Gasteiger partial charge on any atom is 0.232 e. The van der Waals surface area contributed by atoms with Crippen LogP contribution in [0.4, 0.5) is 5.13 Å². The molecule has 3 aromatic rings. The molecule has 1 amide bonds. The number of rotatable bonds is 6. The fraction of sp³-hybridized carbons (Fsp3) is 0.435. The first-order valence-corrected chi connectivity index (χ1v) is 11.2. The molecule has 0 unspecified atom stereocenters. The SMILES string of the molecule is CCc1ccc2nc(N(Cc3ccc(OC)nc3)C(=O)C3CCCCC3)sc2c1. The van der Waals surface area contributed by atoms with Crippen molar-refractivity contribution >= 4 is 32.6 Å². The molecule has 1 aliphatic rings. The number of methoxy groups -OCH3 is 1. The smallest absolute Gasteiger partial charge is 0.232 e. The summed E-state index contributed by atoms with van der Waals surface area (Å²) < 4.78 is 6.29. The molecule has 0 N–H and O–H groups in total. The van der Waals surface area contributed by atoms with Crippen molar-refractivity contribution in [1.29, 1.82) is 0 Å². The number of pyridine rings is 1. The minimum Gasteiger partial charge on any atom is -0.481 e. The highest BCUT2D eigenvalue weighted by Gasteiger charge is 2.29. The molecule has 0 saturated heterocycles. The molecule has 0 bridgehead atoms. The van der Waals surface area contributed by atoms with E-state index in [9.17, 15) is 4.79 Å². The number of anilines is 1.